The van der Waals surface area contributed by atoms with Gasteiger partial charge in [0.05, 0.1) is 15.9 Å². The highest BCUT2D eigenvalue weighted by Crippen LogP contribution is 2.38. The van der Waals surface area contributed by atoms with E-state index in [1.165, 1.54) is 12.3 Å². The number of rotatable bonds is 2. The number of carbonyl (C=O) groups excluding carboxylic acids is 1. The van der Waals surface area contributed by atoms with Gasteiger partial charge in [-0.1, -0.05) is 24.4 Å². The van der Waals surface area contributed by atoms with Gasteiger partial charge in [0.15, 0.2) is 11.5 Å². The van der Waals surface area contributed by atoms with Gasteiger partial charge in [0.25, 0.3) is 5.91 Å². The SMILES string of the molecule is CC(C)n1cc(C(=O)NS)c(=O)c2c(Cl)c(O)c(O)cc21. The molecule has 0 aliphatic carbocycles. The number of nitrogens with one attached hydrogen (secondary N) is 1. The summed E-state index contributed by atoms with van der Waals surface area (Å²) in [5.41, 5.74) is -0.474. The Kier molecular flexibility index (Phi) is 4.06. The first-order valence-electron chi connectivity index (χ1n) is 6.03. The van der Waals surface area contributed by atoms with Crippen LogP contribution < -0.4 is 10.2 Å². The van der Waals surface area contributed by atoms with Gasteiger partial charge in [0.1, 0.15) is 5.56 Å². The van der Waals surface area contributed by atoms with E-state index >= 15 is 0 Å². The highest BCUT2D eigenvalue weighted by atomic mass is 35.5. The summed E-state index contributed by atoms with van der Waals surface area (Å²) in [5, 5.41) is 19.1. The molecule has 0 aliphatic rings. The highest BCUT2D eigenvalue weighted by molar-refractivity contribution is 7.78. The minimum Gasteiger partial charge on any atom is -0.504 e. The van der Waals surface area contributed by atoms with E-state index in [9.17, 15) is 19.8 Å². The molecule has 2 aromatic rings. The molecule has 0 aliphatic heterocycles. The van der Waals surface area contributed by atoms with Crippen LogP contribution in [-0.4, -0.2) is 20.7 Å². The summed E-state index contributed by atoms with van der Waals surface area (Å²) in [5.74, 6) is -1.71. The van der Waals surface area contributed by atoms with E-state index in [4.69, 9.17) is 11.6 Å². The maximum absolute atomic E-state index is 12.4. The van der Waals surface area contributed by atoms with Crippen LogP contribution in [0.5, 0.6) is 11.5 Å². The summed E-state index contributed by atoms with van der Waals surface area (Å²) in [4.78, 5) is 24.2. The number of nitrogens with zero attached hydrogens (tertiary/aromatic N) is 1. The molecule has 3 N–H and O–H groups in total. The van der Waals surface area contributed by atoms with Crippen LogP contribution in [0.15, 0.2) is 17.1 Å². The van der Waals surface area contributed by atoms with Crippen molar-refractivity contribution in [3.63, 3.8) is 0 Å². The van der Waals surface area contributed by atoms with Crippen LogP contribution in [0.25, 0.3) is 10.9 Å². The molecule has 0 saturated heterocycles. The summed E-state index contributed by atoms with van der Waals surface area (Å²) in [7, 11) is 0. The molecule has 1 heterocycles. The second-order valence-corrected chi connectivity index (χ2v) is 5.37. The Balaban J connectivity index is 3.05. The van der Waals surface area contributed by atoms with Crippen molar-refractivity contribution in [3.05, 3.63) is 33.1 Å². The number of phenolic OH excluding ortho intramolecular Hbond substituents is 2. The smallest absolute Gasteiger partial charge is 0.266 e. The number of pyridine rings is 1. The number of amides is 1. The molecule has 0 bridgehead atoms. The lowest BCUT2D eigenvalue weighted by Crippen LogP contribution is -2.25. The van der Waals surface area contributed by atoms with Gasteiger partial charge in [-0.15, -0.1) is 0 Å². The Labute approximate surface area is 130 Å². The predicted molar refractivity (Wildman–Crippen MR) is 83.4 cm³/mol. The molecule has 112 valence electrons. The lowest BCUT2D eigenvalue weighted by atomic mass is 10.1. The molecule has 1 amide bonds. The van der Waals surface area contributed by atoms with E-state index in [1.54, 1.807) is 4.57 Å². The zero-order chi connectivity index (χ0) is 15.9. The zero-order valence-corrected chi connectivity index (χ0v) is 12.9. The summed E-state index contributed by atoms with van der Waals surface area (Å²) in [6.45, 7) is 3.67. The van der Waals surface area contributed by atoms with Crippen molar-refractivity contribution in [1.82, 2.24) is 9.29 Å². The lowest BCUT2D eigenvalue weighted by molar-refractivity contribution is 0.0983. The maximum atomic E-state index is 12.4. The molecule has 1 aromatic heterocycles. The molecule has 8 heteroatoms. The van der Waals surface area contributed by atoms with Gasteiger partial charge < -0.3 is 14.8 Å². The second-order valence-electron chi connectivity index (χ2n) is 4.77. The zero-order valence-electron chi connectivity index (χ0n) is 11.2. The van der Waals surface area contributed by atoms with Crippen LogP contribution in [0.3, 0.4) is 0 Å². The van der Waals surface area contributed by atoms with Gasteiger partial charge in [-0.05, 0) is 13.8 Å². The number of aromatic hydroxyl groups is 2. The molecule has 0 saturated carbocycles. The van der Waals surface area contributed by atoms with Crippen LogP contribution in [-0.2, 0) is 0 Å². The number of thiol groups is 1. The molecular weight excluding hydrogens is 316 g/mol. The molecule has 21 heavy (non-hydrogen) atoms. The van der Waals surface area contributed by atoms with Gasteiger partial charge in [-0.25, -0.2) is 0 Å². The molecule has 0 spiro atoms. The minimum atomic E-state index is -0.678. The van der Waals surface area contributed by atoms with E-state index in [2.05, 4.69) is 17.5 Å². The van der Waals surface area contributed by atoms with Crippen LogP contribution in [0.2, 0.25) is 5.02 Å². The maximum Gasteiger partial charge on any atom is 0.266 e. The standard InChI is InChI=1S/C13H13ClN2O4S/c1-5(2)16-4-6(13(20)15-21)11(18)9-7(16)3-8(17)12(19)10(9)14/h3-5,17,19,21H,1-2H3,(H,15,20). The molecular formula is C13H13ClN2O4S. The Morgan fingerprint density at radius 3 is 2.57 bits per heavy atom. The summed E-state index contributed by atoms with van der Waals surface area (Å²) in [6, 6.07) is 1.12. The molecule has 0 atom stereocenters. The van der Waals surface area contributed by atoms with Crippen molar-refractivity contribution in [3.8, 4) is 11.5 Å². The number of phenols is 2. The van der Waals surface area contributed by atoms with Crippen molar-refractivity contribution >= 4 is 41.2 Å². The van der Waals surface area contributed by atoms with Crippen molar-refractivity contribution in [2.45, 2.75) is 19.9 Å². The first-order valence-corrected chi connectivity index (χ1v) is 6.85. The predicted octanol–water partition coefficient (Wildman–Crippen LogP) is 2.22. The minimum absolute atomic E-state index is 0.0323. The van der Waals surface area contributed by atoms with Crippen molar-refractivity contribution in [2.75, 3.05) is 0 Å². The van der Waals surface area contributed by atoms with Crippen molar-refractivity contribution in [2.24, 2.45) is 0 Å². The van der Waals surface area contributed by atoms with E-state index < -0.39 is 22.8 Å². The number of hydrogen-bond acceptors (Lipinski definition) is 5. The van der Waals surface area contributed by atoms with E-state index in [0.717, 1.165) is 0 Å². The van der Waals surface area contributed by atoms with E-state index in [1.807, 2.05) is 13.8 Å². The normalized spacial score (nSPS) is 11.1. The second kappa shape index (κ2) is 5.50. The Bertz CT molecular complexity index is 801. The summed E-state index contributed by atoms with van der Waals surface area (Å²) in [6.07, 6.45) is 1.37. The van der Waals surface area contributed by atoms with Crippen molar-refractivity contribution in [1.29, 1.82) is 0 Å². The first kappa shape index (κ1) is 15.5. The average molecular weight is 329 g/mol. The summed E-state index contributed by atoms with van der Waals surface area (Å²) < 4.78 is 3.70. The van der Waals surface area contributed by atoms with Gasteiger partial charge in [0.2, 0.25) is 5.43 Å². The third-order valence-corrected chi connectivity index (χ3v) is 3.69. The third kappa shape index (κ3) is 2.43. The number of halogens is 1. The largest absolute Gasteiger partial charge is 0.504 e. The Morgan fingerprint density at radius 1 is 1.43 bits per heavy atom. The number of hydrogen-bond donors (Lipinski definition) is 4. The molecule has 2 rings (SSSR count). The van der Waals surface area contributed by atoms with Crippen LogP contribution in [0.1, 0.15) is 30.2 Å². The molecule has 0 unspecified atom stereocenters. The number of carbonyl (C=O) groups is 1. The average Bonchev–Trinajstić information content (AvgIpc) is 2.43. The Hall–Kier alpha value is -1.86. The molecule has 6 nitrogen and oxygen atoms in total. The van der Waals surface area contributed by atoms with Gasteiger partial charge in [0, 0.05) is 18.3 Å². The fraction of sp³-hybridized carbons (Fsp3) is 0.231. The Morgan fingerprint density at radius 2 is 2.05 bits per heavy atom. The van der Waals surface area contributed by atoms with Gasteiger partial charge >= 0.3 is 0 Å². The third-order valence-electron chi connectivity index (χ3n) is 3.12. The monoisotopic (exact) mass is 328 g/mol. The number of fused-ring (bicyclic) bond motifs is 1. The van der Waals surface area contributed by atoms with Crippen molar-refractivity contribution < 1.29 is 15.0 Å². The lowest BCUT2D eigenvalue weighted by Gasteiger charge is -2.17. The van der Waals surface area contributed by atoms with Gasteiger partial charge in [-0.3, -0.25) is 14.3 Å². The number of benzene rings is 1. The van der Waals surface area contributed by atoms with Crippen LogP contribution >= 0.6 is 24.4 Å². The molecule has 1 aromatic carbocycles. The summed E-state index contributed by atoms with van der Waals surface area (Å²) >= 11 is 9.61. The molecule has 0 fully saturated rings. The topological polar surface area (TPSA) is 91.6 Å². The quantitative estimate of drug-likeness (QED) is 0.502. The fourth-order valence-corrected chi connectivity index (χ4v) is 2.48. The van der Waals surface area contributed by atoms with Crippen LogP contribution in [0, 0.1) is 0 Å². The molecule has 0 radical (unpaired) electrons. The van der Waals surface area contributed by atoms with E-state index in [-0.39, 0.29) is 22.0 Å². The highest BCUT2D eigenvalue weighted by Gasteiger charge is 2.21. The van der Waals surface area contributed by atoms with Crippen LogP contribution in [0.4, 0.5) is 0 Å². The first-order chi connectivity index (χ1) is 9.79. The van der Waals surface area contributed by atoms with E-state index in [0.29, 0.717) is 5.52 Å². The number of aromatic nitrogens is 1. The van der Waals surface area contributed by atoms with Gasteiger partial charge in [-0.2, -0.15) is 0 Å². The fourth-order valence-electron chi connectivity index (χ4n) is 2.08.